The van der Waals surface area contributed by atoms with Crippen molar-refractivity contribution in [3.05, 3.63) is 56.0 Å². The summed E-state index contributed by atoms with van der Waals surface area (Å²) in [6, 6.07) is 9.37. The zero-order chi connectivity index (χ0) is 13.1. The fourth-order valence-corrected chi connectivity index (χ4v) is 2.48. The maximum absolute atomic E-state index is 12.3. The molecule has 2 aromatic rings. The first-order valence-corrected chi connectivity index (χ1v) is 7.18. The molecule has 1 aromatic heterocycles. The quantitative estimate of drug-likeness (QED) is 0.706. The van der Waals surface area contributed by atoms with Crippen molar-refractivity contribution in [1.82, 2.24) is 4.90 Å². The van der Waals surface area contributed by atoms with Crippen molar-refractivity contribution in [3.8, 4) is 0 Å². The minimum absolute atomic E-state index is 0.0307. The Morgan fingerprint density at radius 1 is 1.44 bits per heavy atom. The highest BCUT2D eigenvalue weighted by molar-refractivity contribution is 14.1. The second-order valence-electron chi connectivity index (χ2n) is 3.86. The molecule has 0 N–H and O–H groups in total. The first kappa shape index (κ1) is 13.6. The predicted molar refractivity (Wildman–Crippen MR) is 81.4 cm³/mol. The van der Waals surface area contributed by atoms with Gasteiger partial charge in [-0.1, -0.05) is 0 Å². The van der Waals surface area contributed by atoms with E-state index in [0.717, 1.165) is 13.8 Å². The predicted octanol–water partition coefficient (Wildman–Crippen LogP) is 3.92. The van der Waals surface area contributed by atoms with Crippen LogP contribution < -0.4 is 0 Å². The molecule has 0 fully saturated rings. The maximum Gasteiger partial charge on any atom is 0.255 e. The molecule has 2 rings (SSSR count). The van der Waals surface area contributed by atoms with E-state index in [1.54, 1.807) is 18.2 Å². The van der Waals surface area contributed by atoms with Crippen molar-refractivity contribution in [2.24, 2.45) is 0 Å². The fraction of sp³-hybridized carbons (Fsp3) is 0.154. The van der Waals surface area contributed by atoms with Gasteiger partial charge in [-0.15, -0.1) is 0 Å². The van der Waals surface area contributed by atoms with Gasteiger partial charge in [-0.25, -0.2) is 0 Å². The van der Waals surface area contributed by atoms with Gasteiger partial charge in [0.1, 0.15) is 5.76 Å². The third kappa shape index (κ3) is 3.14. The minimum atomic E-state index is -0.0307. The van der Waals surface area contributed by atoms with Crippen molar-refractivity contribution < 1.29 is 9.21 Å². The van der Waals surface area contributed by atoms with E-state index < -0.39 is 0 Å². The normalized spacial score (nSPS) is 10.4. The number of amides is 1. The van der Waals surface area contributed by atoms with E-state index in [4.69, 9.17) is 4.42 Å². The number of hydrogen-bond acceptors (Lipinski definition) is 2. The van der Waals surface area contributed by atoms with Gasteiger partial charge >= 0.3 is 0 Å². The van der Waals surface area contributed by atoms with Gasteiger partial charge in [0, 0.05) is 15.1 Å². The van der Waals surface area contributed by atoms with Crippen LogP contribution in [0.1, 0.15) is 16.1 Å². The molecular formula is C13H11BrINO2. The van der Waals surface area contributed by atoms with Gasteiger partial charge in [-0.3, -0.25) is 4.79 Å². The topological polar surface area (TPSA) is 33.5 Å². The van der Waals surface area contributed by atoms with Crippen LogP contribution in [0.3, 0.4) is 0 Å². The number of halogens is 2. The number of carbonyl (C=O) groups is 1. The largest absolute Gasteiger partial charge is 0.467 e. The van der Waals surface area contributed by atoms with Crippen molar-refractivity contribution in [2.75, 3.05) is 7.05 Å². The first-order chi connectivity index (χ1) is 8.58. The van der Waals surface area contributed by atoms with Gasteiger partial charge in [0.2, 0.25) is 0 Å². The van der Waals surface area contributed by atoms with Crippen molar-refractivity contribution in [1.29, 1.82) is 0 Å². The Hall–Kier alpha value is -0.820. The van der Waals surface area contributed by atoms with E-state index in [0.29, 0.717) is 12.1 Å². The van der Waals surface area contributed by atoms with Gasteiger partial charge in [0.05, 0.1) is 18.4 Å². The molecule has 18 heavy (non-hydrogen) atoms. The molecule has 0 aliphatic carbocycles. The van der Waals surface area contributed by atoms with Crippen LogP contribution >= 0.6 is 38.5 Å². The molecule has 0 atom stereocenters. The van der Waals surface area contributed by atoms with E-state index in [-0.39, 0.29) is 5.91 Å². The summed E-state index contributed by atoms with van der Waals surface area (Å²) in [5, 5.41) is 0. The molecule has 0 spiro atoms. The standard InChI is InChI=1S/C13H11BrINO2/c1-16(8-10-3-2-6-18-10)13(17)11-7-9(15)4-5-12(11)14/h2-7H,8H2,1H3. The van der Waals surface area contributed by atoms with Crippen LogP contribution in [-0.4, -0.2) is 17.9 Å². The molecule has 0 bridgehead atoms. The lowest BCUT2D eigenvalue weighted by Gasteiger charge is -2.16. The Balaban J connectivity index is 2.17. The molecule has 3 nitrogen and oxygen atoms in total. The number of furan rings is 1. The number of rotatable bonds is 3. The van der Waals surface area contributed by atoms with Gasteiger partial charge in [0.25, 0.3) is 5.91 Å². The van der Waals surface area contributed by atoms with Crippen LogP contribution in [0.2, 0.25) is 0 Å². The average Bonchev–Trinajstić information content (AvgIpc) is 2.84. The molecule has 0 saturated carbocycles. The average molecular weight is 420 g/mol. The maximum atomic E-state index is 12.3. The van der Waals surface area contributed by atoms with E-state index in [2.05, 4.69) is 38.5 Å². The fourth-order valence-electron chi connectivity index (χ4n) is 1.58. The Kier molecular flexibility index (Phi) is 4.45. The molecule has 0 aliphatic heterocycles. The van der Waals surface area contributed by atoms with Crippen LogP contribution in [0.4, 0.5) is 0 Å². The molecular weight excluding hydrogens is 409 g/mol. The summed E-state index contributed by atoms with van der Waals surface area (Å²) in [6.07, 6.45) is 1.61. The monoisotopic (exact) mass is 419 g/mol. The van der Waals surface area contributed by atoms with Crippen molar-refractivity contribution in [2.45, 2.75) is 6.54 Å². The van der Waals surface area contributed by atoms with Crippen LogP contribution in [0.25, 0.3) is 0 Å². The lowest BCUT2D eigenvalue weighted by atomic mass is 10.2. The molecule has 0 aliphatic rings. The third-order valence-electron chi connectivity index (χ3n) is 2.48. The van der Waals surface area contributed by atoms with Crippen LogP contribution in [0, 0.1) is 3.57 Å². The summed E-state index contributed by atoms with van der Waals surface area (Å²) < 4.78 is 7.07. The number of hydrogen-bond donors (Lipinski definition) is 0. The minimum Gasteiger partial charge on any atom is -0.467 e. The molecule has 94 valence electrons. The Bertz CT molecular complexity index is 554. The second-order valence-corrected chi connectivity index (χ2v) is 5.96. The van der Waals surface area contributed by atoms with Crippen LogP contribution in [0.15, 0.2) is 45.5 Å². The molecule has 0 radical (unpaired) electrons. The summed E-state index contributed by atoms with van der Waals surface area (Å²) in [4.78, 5) is 13.9. The summed E-state index contributed by atoms with van der Waals surface area (Å²) >= 11 is 5.59. The van der Waals surface area contributed by atoms with Crippen molar-refractivity contribution in [3.63, 3.8) is 0 Å². The van der Waals surface area contributed by atoms with Crippen LogP contribution in [0.5, 0.6) is 0 Å². The zero-order valence-electron chi connectivity index (χ0n) is 9.69. The van der Waals surface area contributed by atoms with Crippen molar-refractivity contribution >= 4 is 44.4 Å². The Labute approximate surface area is 127 Å². The molecule has 0 unspecified atom stereocenters. The summed E-state index contributed by atoms with van der Waals surface area (Å²) in [5.74, 6) is 0.740. The van der Waals surface area contributed by atoms with E-state index >= 15 is 0 Å². The van der Waals surface area contributed by atoms with E-state index in [1.165, 1.54) is 0 Å². The number of benzene rings is 1. The lowest BCUT2D eigenvalue weighted by molar-refractivity contribution is 0.0774. The lowest BCUT2D eigenvalue weighted by Crippen LogP contribution is -2.26. The van der Waals surface area contributed by atoms with E-state index in [9.17, 15) is 4.79 Å². The Morgan fingerprint density at radius 3 is 2.89 bits per heavy atom. The van der Waals surface area contributed by atoms with Crippen LogP contribution in [-0.2, 0) is 6.54 Å². The molecule has 1 amide bonds. The molecule has 0 saturated heterocycles. The highest BCUT2D eigenvalue weighted by atomic mass is 127. The number of nitrogens with zero attached hydrogens (tertiary/aromatic N) is 1. The van der Waals surface area contributed by atoms with Gasteiger partial charge in [0.15, 0.2) is 0 Å². The van der Waals surface area contributed by atoms with Gasteiger partial charge in [-0.2, -0.15) is 0 Å². The smallest absolute Gasteiger partial charge is 0.255 e. The molecule has 1 aromatic carbocycles. The highest BCUT2D eigenvalue weighted by Gasteiger charge is 2.16. The van der Waals surface area contributed by atoms with Gasteiger partial charge < -0.3 is 9.32 Å². The second kappa shape index (κ2) is 5.88. The Morgan fingerprint density at radius 2 is 2.22 bits per heavy atom. The SMILES string of the molecule is CN(Cc1ccco1)C(=O)c1cc(I)ccc1Br. The summed E-state index contributed by atoms with van der Waals surface area (Å²) in [6.45, 7) is 0.462. The number of carbonyl (C=O) groups excluding carboxylic acids is 1. The first-order valence-electron chi connectivity index (χ1n) is 5.31. The molecule has 5 heteroatoms. The zero-order valence-corrected chi connectivity index (χ0v) is 13.4. The van der Waals surface area contributed by atoms with E-state index in [1.807, 2.05) is 30.3 Å². The summed E-state index contributed by atoms with van der Waals surface area (Å²) in [7, 11) is 1.76. The summed E-state index contributed by atoms with van der Waals surface area (Å²) in [5.41, 5.74) is 0.663. The highest BCUT2D eigenvalue weighted by Crippen LogP contribution is 2.21. The third-order valence-corrected chi connectivity index (χ3v) is 3.84. The van der Waals surface area contributed by atoms with Gasteiger partial charge in [-0.05, 0) is 68.9 Å². The molecule has 1 heterocycles.